The molecule has 0 atom stereocenters. The molecule has 0 spiro atoms. The maximum Gasteiger partial charge on any atom is 0.251 e. The van der Waals surface area contributed by atoms with Gasteiger partial charge in [-0.25, -0.2) is 0 Å². The zero-order valence-electron chi connectivity index (χ0n) is 15.2. The van der Waals surface area contributed by atoms with Crippen LogP contribution in [0.25, 0.3) is 11.4 Å². The second-order valence-corrected chi connectivity index (χ2v) is 7.04. The van der Waals surface area contributed by atoms with Gasteiger partial charge in [0.05, 0.1) is 0 Å². The van der Waals surface area contributed by atoms with E-state index >= 15 is 0 Å². The summed E-state index contributed by atoms with van der Waals surface area (Å²) < 4.78 is 0.906. The molecule has 28 heavy (non-hydrogen) atoms. The van der Waals surface area contributed by atoms with Crippen LogP contribution in [0.2, 0.25) is 0 Å². The molecule has 0 bridgehead atoms. The molecule has 3 aromatic rings. The number of rotatable bonds is 7. The number of tetrazole rings is 1. The summed E-state index contributed by atoms with van der Waals surface area (Å²) in [5, 5.41) is 17.5. The van der Waals surface area contributed by atoms with Crippen LogP contribution in [0.4, 0.5) is 0 Å². The topological polar surface area (TPSA) is 102 Å². The third kappa shape index (κ3) is 5.46. The van der Waals surface area contributed by atoms with Crippen molar-refractivity contribution in [2.45, 2.75) is 13.5 Å². The van der Waals surface area contributed by atoms with Crippen LogP contribution >= 0.6 is 15.9 Å². The standard InChI is InChI=1S/C19H19BrN6O2/c1-13-2-4-14(5-3-13)18-23-25-26(24-18)12-17(27)21-10-11-22-19(28)15-6-8-16(20)9-7-15/h2-9H,10-12H2,1H3,(H,21,27)(H,22,28). The van der Waals surface area contributed by atoms with E-state index in [0.29, 0.717) is 24.5 Å². The lowest BCUT2D eigenvalue weighted by atomic mass is 10.1. The molecule has 0 fully saturated rings. The van der Waals surface area contributed by atoms with Crippen LogP contribution in [0.5, 0.6) is 0 Å². The van der Waals surface area contributed by atoms with Crippen LogP contribution in [0.3, 0.4) is 0 Å². The molecular formula is C19H19BrN6O2. The smallest absolute Gasteiger partial charge is 0.251 e. The molecule has 1 heterocycles. The minimum atomic E-state index is -0.259. The molecule has 2 aromatic carbocycles. The average molecular weight is 443 g/mol. The molecule has 0 saturated heterocycles. The Morgan fingerprint density at radius 3 is 2.39 bits per heavy atom. The number of nitrogens with zero attached hydrogens (tertiary/aromatic N) is 4. The lowest BCUT2D eigenvalue weighted by Gasteiger charge is -2.07. The molecule has 2 amide bonds. The summed E-state index contributed by atoms with van der Waals surface area (Å²) in [6.07, 6.45) is 0. The van der Waals surface area contributed by atoms with Crippen molar-refractivity contribution in [2.24, 2.45) is 0 Å². The molecule has 3 rings (SSSR count). The molecule has 0 unspecified atom stereocenters. The van der Waals surface area contributed by atoms with Gasteiger partial charge in [0.15, 0.2) is 0 Å². The fraction of sp³-hybridized carbons (Fsp3) is 0.211. The highest BCUT2D eigenvalue weighted by Crippen LogP contribution is 2.13. The Labute approximate surface area is 170 Å². The van der Waals surface area contributed by atoms with Gasteiger partial charge in [0, 0.05) is 28.7 Å². The van der Waals surface area contributed by atoms with Crippen LogP contribution < -0.4 is 10.6 Å². The van der Waals surface area contributed by atoms with Crippen molar-refractivity contribution in [3.63, 3.8) is 0 Å². The number of carbonyl (C=O) groups is 2. The van der Waals surface area contributed by atoms with Gasteiger partial charge in [-0.2, -0.15) is 4.80 Å². The summed E-state index contributed by atoms with van der Waals surface area (Å²) in [6.45, 7) is 2.58. The Kier molecular flexibility index (Phi) is 6.49. The first-order valence-electron chi connectivity index (χ1n) is 8.66. The number of halogens is 1. The van der Waals surface area contributed by atoms with Crippen molar-refractivity contribution in [3.05, 3.63) is 64.1 Å². The first-order valence-corrected chi connectivity index (χ1v) is 9.46. The van der Waals surface area contributed by atoms with E-state index in [4.69, 9.17) is 0 Å². The lowest BCUT2D eigenvalue weighted by Crippen LogP contribution is -2.36. The lowest BCUT2D eigenvalue weighted by molar-refractivity contribution is -0.122. The number of carbonyl (C=O) groups excluding carboxylic acids is 2. The SMILES string of the molecule is Cc1ccc(-c2nnn(CC(=O)NCCNC(=O)c3ccc(Br)cc3)n2)cc1. The van der Waals surface area contributed by atoms with Gasteiger partial charge in [-0.1, -0.05) is 45.8 Å². The highest BCUT2D eigenvalue weighted by atomic mass is 79.9. The molecule has 8 nitrogen and oxygen atoms in total. The molecule has 0 aliphatic rings. The maximum absolute atomic E-state index is 12.0. The fourth-order valence-corrected chi connectivity index (χ4v) is 2.66. The summed E-state index contributed by atoms with van der Waals surface area (Å²) in [5.74, 6) is 0.0164. The van der Waals surface area contributed by atoms with Crippen molar-refractivity contribution in [1.29, 1.82) is 0 Å². The Bertz CT molecular complexity index is 953. The van der Waals surface area contributed by atoms with Gasteiger partial charge in [-0.15, -0.1) is 10.2 Å². The minimum absolute atomic E-state index is 0.0421. The van der Waals surface area contributed by atoms with E-state index in [2.05, 4.69) is 42.0 Å². The van der Waals surface area contributed by atoms with E-state index in [1.54, 1.807) is 24.3 Å². The molecule has 2 N–H and O–H groups in total. The highest BCUT2D eigenvalue weighted by Gasteiger charge is 2.09. The number of hydrogen-bond donors (Lipinski definition) is 2. The summed E-state index contributed by atoms with van der Waals surface area (Å²) in [5.41, 5.74) is 2.54. The summed E-state index contributed by atoms with van der Waals surface area (Å²) >= 11 is 3.32. The zero-order chi connectivity index (χ0) is 19.9. The fourth-order valence-electron chi connectivity index (χ4n) is 2.39. The quantitative estimate of drug-likeness (QED) is 0.544. The molecular weight excluding hydrogens is 424 g/mol. The van der Waals surface area contributed by atoms with Crippen LogP contribution in [0.15, 0.2) is 53.0 Å². The number of benzene rings is 2. The largest absolute Gasteiger partial charge is 0.353 e. The van der Waals surface area contributed by atoms with Crippen LogP contribution in [-0.2, 0) is 11.3 Å². The van der Waals surface area contributed by atoms with Crippen LogP contribution in [0, 0.1) is 6.92 Å². The molecule has 144 valence electrons. The normalized spacial score (nSPS) is 10.5. The van der Waals surface area contributed by atoms with Crippen LogP contribution in [-0.4, -0.2) is 45.1 Å². The molecule has 0 radical (unpaired) electrons. The van der Waals surface area contributed by atoms with Gasteiger partial charge < -0.3 is 10.6 Å². The van der Waals surface area contributed by atoms with E-state index in [-0.39, 0.29) is 18.4 Å². The monoisotopic (exact) mass is 442 g/mol. The molecule has 9 heteroatoms. The average Bonchev–Trinajstić information content (AvgIpc) is 3.14. The zero-order valence-corrected chi connectivity index (χ0v) is 16.8. The first kappa shape index (κ1) is 19.7. The van der Waals surface area contributed by atoms with Gasteiger partial charge in [0.2, 0.25) is 11.7 Å². The van der Waals surface area contributed by atoms with Crippen molar-refractivity contribution in [1.82, 2.24) is 30.8 Å². The van der Waals surface area contributed by atoms with E-state index in [9.17, 15) is 9.59 Å². The Hall–Kier alpha value is -3.07. The Morgan fingerprint density at radius 1 is 1.00 bits per heavy atom. The number of hydrogen-bond acceptors (Lipinski definition) is 5. The third-order valence-electron chi connectivity index (χ3n) is 3.89. The predicted octanol–water partition coefficient (Wildman–Crippen LogP) is 1.96. The van der Waals surface area contributed by atoms with E-state index in [1.807, 2.05) is 31.2 Å². The second kappa shape index (κ2) is 9.23. The molecule has 0 aliphatic carbocycles. The predicted molar refractivity (Wildman–Crippen MR) is 107 cm³/mol. The van der Waals surface area contributed by atoms with Gasteiger partial charge >= 0.3 is 0 Å². The summed E-state index contributed by atoms with van der Waals surface area (Å²) in [4.78, 5) is 25.2. The van der Waals surface area contributed by atoms with Gasteiger partial charge in [0.1, 0.15) is 6.54 Å². The summed E-state index contributed by atoms with van der Waals surface area (Å²) in [7, 11) is 0. The van der Waals surface area contributed by atoms with E-state index in [0.717, 1.165) is 15.6 Å². The van der Waals surface area contributed by atoms with Crippen molar-refractivity contribution >= 4 is 27.7 Å². The van der Waals surface area contributed by atoms with Crippen molar-refractivity contribution in [2.75, 3.05) is 13.1 Å². The number of aryl methyl sites for hydroxylation is 1. The Balaban J connectivity index is 1.41. The van der Waals surface area contributed by atoms with E-state index < -0.39 is 0 Å². The summed E-state index contributed by atoms with van der Waals surface area (Å²) in [6, 6.07) is 14.8. The van der Waals surface area contributed by atoms with Gasteiger partial charge in [0.25, 0.3) is 5.91 Å². The molecule has 0 aliphatic heterocycles. The number of aromatic nitrogens is 4. The first-order chi connectivity index (χ1) is 13.5. The maximum atomic E-state index is 12.0. The molecule has 0 saturated carbocycles. The van der Waals surface area contributed by atoms with E-state index in [1.165, 1.54) is 4.80 Å². The van der Waals surface area contributed by atoms with Gasteiger partial charge in [-0.05, 0) is 36.4 Å². The second-order valence-electron chi connectivity index (χ2n) is 6.12. The molecule has 1 aromatic heterocycles. The van der Waals surface area contributed by atoms with Crippen LogP contribution in [0.1, 0.15) is 15.9 Å². The number of nitrogens with one attached hydrogen (secondary N) is 2. The highest BCUT2D eigenvalue weighted by molar-refractivity contribution is 9.10. The van der Waals surface area contributed by atoms with Gasteiger partial charge in [-0.3, -0.25) is 9.59 Å². The Morgan fingerprint density at radius 2 is 1.68 bits per heavy atom. The van der Waals surface area contributed by atoms with Crippen molar-refractivity contribution in [3.8, 4) is 11.4 Å². The minimum Gasteiger partial charge on any atom is -0.353 e. The number of amides is 2. The van der Waals surface area contributed by atoms with Crippen molar-refractivity contribution < 1.29 is 9.59 Å². The third-order valence-corrected chi connectivity index (χ3v) is 4.42.